The van der Waals surface area contributed by atoms with Gasteiger partial charge in [-0.15, -0.1) is 6.58 Å². The zero-order chi connectivity index (χ0) is 13.3. The molecule has 17 heavy (non-hydrogen) atoms. The van der Waals surface area contributed by atoms with Gasteiger partial charge in [0.25, 0.3) is 0 Å². The Bertz CT molecular complexity index is 263. The van der Waals surface area contributed by atoms with E-state index in [-0.39, 0.29) is 25.0 Å². The van der Waals surface area contributed by atoms with Gasteiger partial charge in [0.1, 0.15) is 0 Å². The van der Waals surface area contributed by atoms with Gasteiger partial charge in [0.2, 0.25) is 0 Å². The molecule has 0 radical (unpaired) electrons. The molecule has 0 rings (SSSR count). The van der Waals surface area contributed by atoms with Crippen LogP contribution in [0.3, 0.4) is 0 Å². The summed E-state index contributed by atoms with van der Waals surface area (Å²) < 4.78 is 9.83. The molecule has 0 aromatic rings. The summed E-state index contributed by atoms with van der Waals surface area (Å²) in [4.78, 5) is 24.2. The molecule has 0 aromatic heterocycles. The van der Waals surface area contributed by atoms with Crippen LogP contribution in [-0.2, 0) is 14.3 Å². The highest BCUT2D eigenvalue weighted by Crippen LogP contribution is 2.00. The SMILES string of the molecule is C=CCN(CCC(=O)OC(C)C)C(=O)OCC. The lowest BCUT2D eigenvalue weighted by Crippen LogP contribution is -2.34. The van der Waals surface area contributed by atoms with Gasteiger partial charge in [-0.05, 0) is 20.8 Å². The summed E-state index contributed by atoms with van der Waals surface area (Å²) >= 11 is 0. The van der Waals surface area contributed by atoms with Gasteiger partial charge < -0.3 is 14.4 Å². The Kier molecular flexibility index (Phi) is 7.84. The Morgan fingerprint density at radius 2 is 2.06 bits per heavy atom. The first kappa shape index (κ1) is 15.5. The second kappa shape index (κ2) is 8.61. The quantitative estimate of drug-likeness (QED) is 0.506. The largest absolute Gasteiger partial charge is 0.463 e. The molecule has 0 fully saturated rings. The molecule has 1 amide bonds. The van der Waals surface area contributed by atoms with Crippen molar-refractivity contribution in [2.24, 2.45) is 0 Å². The molecule has 0 saturated carbocycles. The first-order valence-electron chi connectivity index (χ1n) is 5.73. The number of ether oxygens (including phenoxy) is 2. The Morgan fingerprint density at radius 1 is 1.41 bits per heavy atom. The third kappa shape index (κ3) is 7.38. The summed E-state index contributed by atoms with van der Waals surface area (Å²) in [7, 11) is 0. The van der Waals surface area contributed by atoms with Crippen LogP contribution in [0.15, 0.2) is 12.7 Å². The Morgan fingerprint density at radius 3 is 2.53 bits per heavy atom. The molecule has 5 nitrogen and oxygen atoms in total. The smallest absolute Gasteiger partial charge is 0.410 e. The minimum Gasteiger partial charge on any atom is -0.463 e. The number of carbonyl (C=O) groups is 2. The summed E-state index contributed by atoms with van der Waals surface area (Å²) in [5.41, 5.74) is 0. The number of carbonyl (C=O) groups excluding carboxylic acids is 2. The zero-order valence-corrected chi connectivity index (χ0v) is 10.8. The maximum Gasteiger partial charge on any atom is 0.410 e. The second-order valence-electron chi connectivity index (χ2n) is 3.72. The van der Waals surface area contributed by atoms with Crippen molar-refractivity contribution in [1.82, 2.24) is 4.90 Å². The molecular weight excluding hydrogens is 222 g/mol. The molecule has 0 spiro atoms. The lowest BCUT2D eigenvalue weighted by Gasteiger charge is -2.19. The van der Waals surface area contributed by atoms with Crippen LogP contribution in [0.2, 0.25) is 0 Å². The van der Waals surface area contributed by atoms with Gasteiger partial charge in [-0.25, -0.2) is 4.79 Å². The molecule has 0 aliphatic carbocycles. The molecule has 0 atom stereocenters. The monoisotopic (exact) mass is 243 g/mol. The van der Waals surface area contributed by atoms with Gasteiger partial charge in [-0.1, -0.05) is 6.08 Å². The fourth-order valence-corrected chi connectivity index (χ4v) is 1.18. The van der Waals surface area contributed by atoms with Crippen molar-refractivity contribution < 1.29 is 19.1 Å². The third-order valence-electron chi connectivity index (χ3n) is 1.83. The van der Waals surface area contributed by atoms with Gasteiger partial charge in [0, 0.05) is 13.1 Å². The molecule has 0 aliphatic rings. The van der Waals surface area contributed by atoms with Crippen molar-refractivity contribution in [1.29, 1.82) is 0 Å². The average Bonchev–Trinajstić information content (AvgIpc) is 2.23. The maximum absolute atomic E-state index is 11.5. The van der Waals surface area contributed by atoms with Crippen LogP contribution in [0, 0.1) is 0 Å². The summed E-state index contributed by atoms with van der Waals surface area (Å²) in [6, 6.07) is 0. The summed E-state index contributed by atoms with van der Waals surface area (Å²) in [6.07, 6.45) is 1.16. The second-order valence-corrected chi connectivity index (χ2v) is 3.72. The number of nitrogens with zero attached hydrogens (tertiary/aromatic N) is 1. The molecule has 0 N–H and O–H groups in total. The predicted molar refractivity (Wildman–Crippen MR) is 64.6 cm³/mol. The average molecular weight is 243 g/mol. The minimum absolute atomic E-state index is 0.141. The van der Waals surface area contributed by atoms with Gasteiger partial charge in [-0.2, -0.15) is 0 Å². The molecule has 0 saturated heterocycles. The fraction of sp³-hybridized carbons (Fsp3) is 0.667. The Balaban J connectivity index is 4.12. The van der Waals surface area contributed by atoms with E-state index in [4.69, 9.17) is 9.47 Å². The van der Waals surface area contributed by atoms with Crippen molar-refractivity contribution in [2.75, 3.05) is 19.7 Å². The fourth-order valence-electron chi connectivity index (χ4n) is 1.18. The van der Waals surface area contributed by atoms with Crippen LogP contribution in [0.5, 0.6) is 0 Å². The van der Waals surface area contributed by atoms with E-state index in [0.717, 1.165) is 0 Å². The van der Waals surface area contributed by atoms with E-state index in [9.17, 15) is 9.59 Å². The van der Waals surface area contributed by atoms with E-state index in [1.54, 1.807) is 26.8 Å². The van der Waals surface area contributed by atoms with E-state index in [2.05, 4.69) is 6.58 Å². The van der Waals surface area contributed by atoms with Gasteiger partial charge >= 0.3 is 12.1 Å². The number of hydrogen-bond acceptors (Lipinski definition) is 4. The lowest BCUT2D eigenvalue weighted by atomic mass is 10.3. The summed E-state index contributed by atoms with van der Waals surface area (Å²) in [5, 5.41) is 0. The van der Waals surface area contributed by atoms with Crippen LogP contribution >= 0.6 is 0 Å². The highest BCUT2D eigenvalue weighted by Gasteiger charge is 2.15. The van der Waals surface area contributed by atoms with E-state index in [1.807, 2.05) is 0 Å². The third-order valence-corrected chi connectivity index (χ3v) is 1.83. The Labute approximate surface area is 102 Å². The molecule has 0 aliphatic heterocycles. The van der Waals surface area contributed by atoms with Crippen LogP contribution in [0.1, 0.15) is 27.2 Å². The topological polar surface area (TPSA) is 55.8 Å². The molecule has 0 heterocycles. The number of amides is 1. The molecule has 0 aromatic carbocycles. The number of esters is 1. The first-order valence-corrected chi connectivity index (χ1v) is 5.73. The van der Waals surface area contributed by atoms with Crippen molar-refractivity contribution in [3.63, 3.8) is 0 Å². The zero-order valence-electron chi connectivity index (χ0n) is 10.8. The molecule has 98 valence electrons. The molecule has 0 unspecified atom stereocenters. The highest BCUT2D eigenvalue weighted by atomic mass is 16.6. The highest BCUT2D eigenvalue weighted by molar-refractivity contribution is 5.72. The van der Waals surface area contributed by atoms with E-state index >= 15 is 0 Å². The number of rotatable bonds is 7. The molecule has 5 heteroatoms. The van der Waals surface area contributed by atoms with Crippen molar-refractivity contribution in [3.8, 4) is 0 Å². The normalized spacial score (nSPS) is 9.88. The Hall–Kier alpha value is -1.52. The van der Waals surface area contributed by atoms with Crippen molar-refractivity contribution in [2.45, 2.75) is 33.3 Å². The van der Waals surface area contributed by atoms with Crippen LogP contribution in [0.4, 0.5) is 4.79 Å². The van der Waals surface area contributed by atoms with Gasteiger partial charge in [0.15, 0.2) is 0 Å². The van der Waals surface area contributed by atoms with Crippen LogP contribution < -0.4 is 0 Å². The maximum atomic E-state index is 11.5. The van der Waals surface area contributed by atoms with E-state index in [0.29, 0.717) is 13.2 Å². The predicted octanol–water partition coefficient (Wildman–Crippen LogP) is 1.97. The van der Waals surface area contributed by atoms with Gasteiger partial charge in [0.05, 0.1) is 19.1 Å². The number of hydrogen-bond donors (Lipinski definition) is 0. The van der Waals surface area contributed by atoms with Crippen LogP contribution in [-0.4, -0.2) is 42.8 Å². The van der Waals surface area contributed by atoms with Crippen molar-refractivity contribution >= 4 is 12.1 Å². The van der Waals surface area contributed by atoms with Crippen molar-refractivity contribution in [3.05, 3.63) is 12.7 Å². The van der Waals surface area contributed by atoms with Crippen LogP contribution in [0.25, 0.3) is 0 Å². The molecular formula is C12H21NO4. The van der Waals surface area contributed by atoms with E-state index in [1.165, 1.54) is 4.90 Å². The summed E-state index contributed by atoms with van der Waals surface area (Å²) in [6.45, 7) is 9.79. The standard InChI is InChI=1S/C12H21NO4/c1-5-8-13(12(15)16-6-2)9-7-11(14)17-10(3)4/h5,10H,1,6-9H2,2-4H3. The first-order chi connectivity index (χ1) is 8.01. The minimum atomic E-state index is -0.440. The summed E-state index contributed by atoms with van der Waals surface area (Å²) in [5.74, 6) is -0.321. The molecule has 0 bridgehead atoms. The van der Waals surface area contributed by atoms with E-state index < -0.39 is 6.09 Å². The lowest BCUT2D eigenvalue weighted by molar-refractivity contribution is -0.147. The van der Waals surface area contributed by atoms with Gasteiger partial charge in [-0.3, -0.25) is 4.79 Å².